The zero-order valence-electron chi connectivity index (χ0n) is 18.3. The van der Waals surface area contributed by atoms with E-state index in [4.69, 9.17) is 9.47 Å². The molecule has 2 N–H and O–H groups in total. The Morgan fingerprint density at radius 1 is 1.25 bits per heavy atom. The molecule has 6 nitrogen and oxygen atoms in total. The van der Waals surface area contributed by atoms with Gasteiger partial charge in [-0.25, -0.2) is 0 Å². The maximum Gasteiger partial charge on any atom is 0.161 e. The van der Waals surface area contributed by atoms with E-state index in [2.05, 4.69) is 42.1 Å². The third kappa shape index (κ3) is 7.59. The van der Waals surface area contributed by atoms with Crippen molar-refractivity contribution in [1.82, 2.24) is 15.1 Å². The van der Waals surface area contributed by atoms with Crippen LogP contribution in [0.5, 0.6) is 11.5 Å². The van der Waals surface area contributed by atoms with E-state index < -0.39 is 6.10 Å². The van der Waals surface area contributed by atoms with Crippen molar-refractivity contribution in [2.24, 2.45) is 5.92 Å². The molecule has 0 aromatic heterocycles. The molecule has 0 spiro atoms. The number of benzene rings is 1. The standard InChI is InChI=1S/C22H39N3O3/c1-17(2)25(4)15-20(26)16-28-21-7-6-19(12-22(21)27-5)14-23-13-18-8-10-24(3)11-9-18/h6-7,12,17-18,20,23,26H,8-11,13-16H2,1-5H3/t20-/m0/s1. The van der Waals surface area contributed by atoms with Gasteiger partial charge in [0, 0.05) is 19.1 Å². The van der Waals surface area contributed by atoms with Crippen LogP contribution in [-0.2, 0) is 6.54 Å². The number of piperidine rings is 1. The minimum Gasteiger partial charge on any atom is -0.493 e. The molecule has 1 saturated heterocycles. The highest BCUT2D eigenvalue weighted by Crippen LogP contribution is 2.28. The fraction of sp³-hybridized carbons (Fsp3) is 0.727. The van der Waals surface area contributed by atoms with Gasteiger partial charge < -0.3 is 29.7 Å². The molecule has 6 heteroatoms. The van der Waals surface area contributed by atoms with E-state index in [-0.39, 0.29) is 6.61 Å². The van der Waals surface area contributed by atoms with E-state index >= 15 is 0 Å². The normalized spacial score (nSPS) is 17.3. The number of nitrogens with one attached hydrogen (secondary N) is 1. The summed E-state index contributed by atoms with van der Waals surface area (Å²) in [5, 5.41) is 13.8. The monoisotopic (exact) mass is 393 g/mol. The van der Waals surface area contributed by atoms with Crippen LogP contribution >= 0.6 is 0 Å². The van der Waals surface area contributed by atoms with Crippen LogP contribution in [0.2, 0.25) is 0 Å². The van der Waals surface area contributed by atoms with Crippen molar-refractivity contribution in [1.29, 1.82) is 0 Å². The minimum absolute atomic E-state index is 0.251. The minimum atomic E-state index is -0.534. The van der Waals surface area contributed by atoms with Crippen LogP contribution in [0.3, 0.4) is 0 Å². The quantitative estimate of drug-likeness (QED) is 0.601. The SMILES string of the molecule is COc1cc(CNCC2CCN(C)CC2)ccc1OC[C@@H](O)CN(C)C(C)C. The zero-order chi connectivity index (χ0) is 20.5. The number of aliphatic hydroxyl groups excluding tert-OH is 1. The van der Waals surface area contributed by atoms with Crippen LogP contribution in [-0.4, -0.2) is 81.0 Å². The Morgan fingerprint density at radius 2 is 1.96 bits per heavy atom. The first-order valence-electron chi connectivity index (χ1n) is 10.5. The van der Waals surface area contributed by atoms with Crippen molar-refractivity contribution in [2.75, 3.05) is 54.0 Å². The highest BCUT2D eigenvalue weighted by Gasteiger charge is 2.16. The van der Waals surface area contributed by atoms with Crippen LogP contribution in [0, 0.1) is 5.92 Å². The highest BCUT2D eigenvalue weighted by molar-refractivity contribution is 5.43. The van der Waals surface area contributed by atoms with E-state index in [9.17, 15) is 5.11 Å². The molecule has 0 aliphatic carbocycles. The summed E-state index contributed by atoms with van der Waals surface area (Å²) in [6, 6.07) is 6.41. The van der Waals surface area contributed by atoms with Gasteiger partial charge in [0.2, 0.25) is 0 Å². The topological polar surface area (TPSA) is 57.2 Å². The molecule has 0 saturated carbocycles. The molecule has 1 fully saturated rings. The smallest absolute Gasteiger partial charge is 0.161 e. The molecule has 1 aliphatic rings. The van der Waals surface area contributed by atoms with Crippen LogP contribution in [0.4, 0.5) is 0 Å². The lowest BCUT2D eigenvalue weighted by Crippen LogP contribution is -2.37. The van der Waals surface area contributed by atoms with Gasteiger partial charge in [0.1, 0.15) is 12.7 Å². The third-order valence-electron chi connectivity index (χ3n) is 5.64. The van der Waals surface area contributed by atoms with Gasteiger partial charge in [-0.2, -0.15) is 0 Å². The van der Waals surface area contributed by atoms with Crippen molar-refractivity contribution in [3.63, 3.8) is 0 Å². The number of hydrogen-bond donors (Lipinski definition) is 2. The number of ether oxygens (including phenoxy) is 2. The first-order valence-corrected chi connectivity index (χ1v) is 10.5. The Kier molecular flexibility index (Phi) is 9.51. The van der Waals surface area contributed by atoms with Crippen molar-refractivity contribution < 1.29 is 14.6 Å². The van der Waals surface area contributed by atoms with Gasteiger partial charge in [-0.1, -0.05) is 6.07 Å². The molecule has 160 valence electrons. The number of aliphatic hydroxyl groups is 1. The molecule has 1 atom stereocenters. The second kappa shape index (κ2) is 11.6. The molecule has 0 amide bonds. The Bertz CT molecular complexity index is 574. The van der Waals surface area contributed by atoms with Gasteiger partial charge in [0.05, 0.1) is 7.11 Å². The van der Waals surface area contributed by atoms with Gasteiger partial charge >= 0.3 is 0 Å². The maximum absolute atomic E-state index is 10.2. The van der Waals surface area contributed by atoms with Gasteiger partial charge in [-0.3, -0.25) is 0 Å². The highest BCUT2D eigenvalue weighted by atomic mass is 16.5. The molecule has 28 heavy (non-hydrogen) atoms. The van der Waals surface area contributed by atoms with Gasteiger partial charge in [0.15, 0.2) is 11.5 Å². The Labute approximate surface area is 170 Å². The lowest BCUT2D eigenvalue weighted by atomic mass is 9.97. The lowest BCUT2D eigenvalue weighted by Gasteiger charge is -2.29. The van der Waals surface area contributed by atoms with Crippen molar-refractivity contribution >= 4 is 0 Å². The zero-order valence-corrected chi connectivity index (χ0v) is 18.3. The number of hydrogen-bond acceptors (Lipinski definition) is 6. The molecule has 0 bridgehead atoms. The van der Waals surface area contributed by atoms with Crippen LogP contribution in [0.25, 0.3) is 0 Å². The van der Waals surface area contributed by atoms with Crippen LogP contribution in [0.15, 0.2) is 18.2 Å². The number of likely N-dealkylation sites (tertiary alicyclic amines) is 1. The molecule has 2 rings (SSSR count). The van der Waals surface area contributed by atoms with Crippen molar-refractivity contribution in [3.05, 3.63) is 23.8 Å². The third-order valence-corrected chi connectivity index (χ3v) is 5.64. The van der Waals surface area contributed by atoms with E-state index in [1.807, 2.05) is 19.2 Å². The first-order chi connectivity index (χ1) is 13.4. The predicted octanol–water partition coefficient (Wildman–Crippen LogP) is 2.21. The molecule has 1 heterocycles. The fourth-order valence-corrected chi connectivity index (χ4v) is 3.41. The summed E-state index contributed by atoms with van der Waals surface area (Å²) < 4.78 is 11.3. The molecular formula is C22H39N3O3. The molecule has 0 radical (unpaired) electrons. The largest absolute Gasteiger partial charge is 0.493 e. The predicted molar refractivity (Wildman–Crippen MR) is 114 cm³/mol. The van der Waals surface area contributed by atoms with E-state index in [1.54, 1.807) is 7.11 Å². The average molecular weight is 394 g/mol. The van der Waals surface area contributed by atoms with E-state index in [1.165, 1.54) is 31.5 Å². The van der Waals surface area contributed by atoms with Crippen LogP contribution < -0.4 is 14.8 Å². The number of rotatable bonds is 11. The molecule has 1 aromatic carbocycles. The lowest BCUT2D eigenvalue weighted by molar-refractivity contribution is 0.0668. The van der Waals surface area contributed by atoms with Crippen LogP contribution in [0.1, 0.15) is 32.3 Å². The number of likely N-dealkylation sites (N-methyl/N-ethyl adjacent to an activating group) is 1. The summed E-state index contributed by atoms with van der Waals surface area (Å²) in [7, 11) is 5.85. The summed E-state index contributed by atoms with van der Waals surface area (Å²) >= 11 is 0. The summed E-state index contributed by atoms with van der Waals surface area (Å²) in [4.78, 5) is 4.50. The van der Waals surface area contributed by atoms with Crippen molar-refractivity contribution in [2.45, 2.75) is 45.4 Å². The van der Waals surface area contributed by atoms with E-state index in [0.717, 1.165) is 19.0 Å². The Morgan fingerprint density at radius 3 is 2.61 bits per heavy atom. The molecular weight excluding hydrogens is 354 g/mol. The molecule has 1 aliphatic heterocycles. The number of nitrogens with zero attached hydrogens (tertiary/aromatic N) is 2. The molecule has 0 unspecified atom stereocenters. The Hall–Kier alpha value is -1.34. The van der Waals surface area contributed by atoms with E-state index in [0.29, 0.717) is 24.1 Å². The second-order valence-electron chi connectivity index (χ2n) is 8.36. The van der Waals surface area contributed by atoms with Gasteiger partial charge in [-0.15, -0.1) is 0 Å². The first kappa shape index (κ1) is 22.9. The van der Waals surface area contributed by atoms with Gasteiger partial charge in [0.25, 0.3) is 0 Å². The summed E-state index contributed by atoms with van der Waals surface area (Å²) in [6.07, 6.45) is 2.01. The summed E-state index contributed by atoms with van der Waals surface area (Å²) in [6.45, 7) is 9.33. The second-order valence-corrected chi connectivity index (χ2v) is 8.36. The summed E-state index contributed by atoms with van der Waals surface area (Å²) in [5.41, 5.74) is 1.18. The van der Waals surface area contributed by atoms with Crippen molar-refractivity contribution in [3.8, 4) is 11.5 Å². The maximum atomic E-state index is 10.2. The Balaban J connectivity index is 1.79. The number of methoxy groups -OCH3 is 1. The summed E-state index contributed by atoms with van der Waals surface area (Å²) in [5.74, 6) is 2.15. The fourth-order valence-electron chi connectivity index (χ4n) is 3.41. The van der Waals surface area contributed by atoms with Gasteiger partial charge in [-0.05, 0) is 84.0 Å². The average Bonchev–Trinajstić information content (AvgIpc) is 2.68. The molecule has 1 aromatic rings.